The fourth-order valence-corrected chi connectivity index (χ4v) is 1.10. The number of hydrogen-bond acceptors (Lipinski definition) is 4. The summed E-state index contributed by atoms with van der Waals surface area (Å²) in [6, 6.07) is 0. The van der Waals surface area contributed by atoms with Crippen molar-refractivity contribution >= 4 is 18.4 Å². The lowest BCUT2D eigenvalue weighted by molar-refractivity contribution is -0.156. The Labute approximate surface area is 78.7 Å². The maximum absolute atomic E-state index is 10.6. The van der Waals surface area contributed by atoms with Gasteiger partial charge in [-0.05, 0) is 7.05 Å². The van der Waals surface area contributed by atoms with Gasteiger partial charge in [-0.15, -0.1) is 12.4 Å². The van der Waals surface area contributed by atoms with E-state index in [0.717, 1.165) is 19.6 Å². The Bertz CT molecular complexity index is 154. The minimum Gasteiger partial charge on any atom is -0.445 e. The molecule has 0 saturated carbocycles. The molecule has 1 fully saturated rings. The van der Waals surface area contributed by atoms with Crippen molar-refractivity contribution in [2.45, 2.75) is 13.2 Å². The fraction of sp³-hybridized carbons (Fsp3) is 0.857. The molecule has 0 aromatic heterocycles. The van der Waals surface area contributed by atoms with Gasteiger partial charge in [0.2, 0.25) is 0 Å². The van der Waals surface area contributed by atoms with Crippen molar-refractivity contribution in [2.75, 3.05) is 26.7 Å². The predicted molar refractivity (Wildman–Crippen MR) is 48.3 cm³/mol. The number of halogens is 1. The smallest absolute Gasteiger partial charge is 0.304 e. The molecule has 1 N–H and O–H groups in total. The van der Waals surface area contributed by atoms with Crippen molar-refractivity contribution in [1.29, 1.82) is 0 Å². The Hall–Kier alpha value is -0.320. The summed E-state index contributed by atoms with van der Waals surface area (Å²) in [6.45, 7) is 4.06. The molecule has 4 nitrogen and oxygen atoms in total. The Kier molecular flexibility index (Phi) is 5.20. The van der Waals surface area contributed by atoms with Crippen molar-refractivity contribution < 1.29 is 9.53 Å². The van der Waals surface area contributed by atoms with Crippen LogP contribution in [0, 0.1) is 0 Å². The van der Waals surface area contributed by atoms with Gasteiger partial charge in [-0.1, -0.05) is 0 Å². The molecule has 0 amide bonds. The molecule has 0 radical (unpaired) electrons. The van der Waals surface area contributed by atoms with Crippen LogP contribution in [0.25, 0.3) is 0 Å². The van der Waals surface area contributed by atoms with Gasteiger partial charge in [-0.25, -0.2) is 0 Å². The molecule has 1 unspecified atom stereocenters. The van der Waals surface area contributed by atoms with Crippen LogP contribution >= 0.6 is 12.4 Å². The van der Waals surface area contributed by atoms with Crippen molar-refractivity contribution in [3.63, 3.8) is 0 Å². The normalized spacial score (nSPS) is 24.3. The molecule has 1 rings (SSSR count). The van der Waals surface area contributed by atoms with Crippen LogP contribution in [-0.4, -0.2) is 43.8 Å². The topological polar surface area (TPSA) is 41.6 Å². The highest BCUT2D eigenvalue weighted by molar-refractivity contribution is 5.85. The highest BCUT2D eigenvalue weighted by Crippen LogP contribution is 2.00. The van der Waals surface area contributed by atoms with Crippen LogP contribution in [-0.2, 0) is 9.53 Å². The highest BCUT2D eigenvalue weighted by Gasteiger charge is 2.20. The molecule has 12 heavy (non-hydrogen) atoms. The molecule has 1 heterocycles. The summed E-state index contributed by atoms with van der Waals surface area (Å²) >= 11 is 0. The molecular weight excluding hydrogens is 180 g/mol. The van der Waals surface area contributed by atoms with Crippen LogP contribution in [0.5, 0.6) is 0 Å². The molecule has 72 valence electrons. The predicted octanol–water partition coefficient (Wildman–Crippen LogP) is -0.168. The Morgan fingerprint density at radius 2 is 2.33 bits per heavy atom. The number of esters is 1. The SMILES string of the molecule is CC(=O)OC1CNCCN1C.Cl. The van der Waals surface area contributed by atoms with Gasteiger partial charge in [0.15, 0.2) is 6.23 Å². The Morgan fingerprint density at radius 1 is 1.67 bits per heavy atom. The fourth-order valence-electron chi connectivity index (χ4n) is 1.10. The molecule has 1 atom stereocenters. The summed E-state index contributed by atoms with van der Waals surface area (Å²) in [5.74, 6) is -0.217. The highest BCUT2D eigenvalue weighted by atomic mass is 35.5. The number of nitrogens with one attached hydrogen (secondary N) is 1. The minimum atomic E-state index is -0.217. The van der Waals surface area contributed by atoms with Crippen molar-refractivity contribution in [2.24, 2.45) is 0 Å². The number of likely N-dealkylation sites (N-methyl/N-ethyl adjacent to an activating group) is 1. The van der Waals surface area contributed by atoms with Gasteiger partial charge >= 0.3 is 5.97 Å². The summed E-state index contributed by atoms with van der Waals surface area (Å²) in [5, 5.41) is 3.15. The van der Waals surface area contributed by atoms with Crippen molar-refractivity contribution in [3.05, 3.63) is 0 Å². The first kappa shape index (κ1) is 11.7. The van der Waals surface area contributed by atoms with E-state index in [2.05, 4.69) is 5.32 Å². The lowest BCUT2D eigenvalue weighted by Crippen LogP contribution is -2.51. The van der Waals surface area contributed by atoms with E-state index >= 15 is 0 Å². The molecule has 1 saturated heterocycles. The maximum atomic E-state index is 10.6. The van der Waals surface area contributed by atoms with Crippen molar-refractivity contribution in [1.82, 2.24) is 10.2 Å². The monoisotopic (exact) mass is 194 g/mol. The summed E-state index contributed by atoms with van der Waals surface area (Å²) in [5.41, 5.74) is 0. The number of nitrogens with zero attached hydrogens (tertiary/aromatic N) is 1. The minimum absolute atomic E-state index is 0. The van der Waals surface area contributed by atoms with E-state index in [0.29, 0.717) is 0 Å². The van der Waals surface area contributed by atoms with Crippen LogP contribution in [0.1, 0.15) is 6.92 Å². The molecule has 0 bridgehead atoms. The van der Waals surface area contributed by atoms with E-state index < -0.39 is 0 Å². The van der Waals surface area contributed by atoms with E-state index in [4.69, 9.17) is 4.74 Å². The summed E-state index contributed by atoms with van der Waals surface area (Å²) in [4.78, 5) is 12.6. The second kappa shape index (κ2) is 5.35. The van der Waals surface area contributed by atoms with E-state index in [-0.39, 0.29) is 24.6 Å². The van der Waals surface area contributed by atoms with Crippen molar-refractivity contribution in [3.8, 4) is 0 Å². The van der Waals surface area contributed by atoms with Crippen LogP contribution < -0.4 is 5.32 Å². The third-order valence-corrected chi connectivity index (χ3v) is 1.75. The van der Waals surface area contributed by atoms with Gasteiger partial charge in [0.25, 0.3) is 0 Å². The lowest BCUT2D eigenvalue weighted by atomic mass is 10.3. The summed E-state index contributed by atoms with van der Waals surface area (Å²) in [6.07, 6.45) is -0.0822. The Morgan fingerprint density at radius 3 is 2.83 bits per heavy atom. The summed E-state index contributed by atoms with van der Waals surface area (Å²) in [7, 11) is 1.95. The lowest BCUT2D eigenvalue weighted by Gasteiger charge is -2.31. The molecule has 0 spiro atoms. The molecule has 0 aliphatic carbocycles. The number of rotatable bonds is 1. The van der Waals surface area contributed by atoms with Crippen LogP contribution in [0.4, 0.5) is 0 Å². The quantitative estimate of drug-likeness (QED) is 0.589. The zero-order chi connectivity index (χ0) is 8.27. The Balaban J connectivity index is 0.00000121. The molecule has 0 aromatic rings. The van der Waals surface area contributed by atoms with Gasteiger partial charge in [0.05, 0.1) is 0 Å². The summed E-state index contributed by atoms with van der Waals surface area (Å²) < 4.78 is 5.03. The van der Waals surface area contributed by atoms with E-state index in [9.17, 15) is 4.79 Å². The number of carbonyl (C=O) groups is 1. The van der Waals surface area contributed by atoms with Gasteiger partial charge < -0.3 is 10.1 Å². The second-order valence-electron chi connectivity index (χ2n) is 2.75. The van der Waals surface area contributed by atoms with Crippen LogP contribution in [0.2, 0.25) is 0 Å². The first-order chi connectivity index (χ1) is 5.20. The van der Waals surface area contributed by atoms with Gasteiger partial charge in [-0.3, -0.25) is 9.69 Å². The number of ether oxygens (including phenoxy) is 1. The van der Waals surface area contributed by atoms with E-state index in [1.165, 1.54) is 6.92 Å². The third-order valence-electron chi connectivity index (χ3n) is 1.75. The van der Waals surface area contributed by atoms with Gasteiger partial charge in [-0.2, -0.15) is 0 Å². The first-order valence-electron chi connectivity index (χ1n) is 3.78. The number of carbonyl (C=O) groups excluding carboxylic acids is 1. The van der Waals surface area contributed by atoms with Gasteiger partial charge in [0, 0.05) is 26.6 Å². The first-order valence-corrected chi connectivity index (χ1v) is 3.78. The van der Waals surface area contributed by atoms with Gasteiger partial charge in [0.1, 0.15) is 0 Å². The molecule has 1 aliphatic rings. The zero-order valence-corrected chi connectivity index (χ0v) is 8.19. The number of piperazine rings is 1. The molecule has 5 heteroatoms. The standard InChI is InChI=1S/C7H14N2O2.ClH/c1-6(10)11-7-5-8-3-4-9(7)2;/h7-8H,3-5H2,1-2H3;1H. The molecule has 0 aromatic carbocycles. The van der Waals surface area contributed by atoms with E-state index in [1.54, 1.807) is 0 Å². The van der Waals surface area contributed by atoms with Crippen LogP contribution in [0.15, 0.2) is 0 Å². The van der Waals surface area contributed by atoms with Crippen LogP contribution in [0.3, 0.4) is 0 Å². The average molecular weight is 195 g/mol. The molecular formula is C7H15ClN2O2. The number of hydrogen-bond donors (Lipinski definition) is 1. The van der Waals surface area contributed by atoms with E-state index in [1.807, 2.05) is 11.9 Å². The largest absolute Gasteiger partial charge is 0.445 e. The zero-order valence-electron chi connectivity index (χ0n) is 7.37. The molecule has 1 aliphatic heterocycles. The maximum Gasteiger partial charge on any atom is 0.304 e. The third kappa shape index (κ3) is 3.38. The second-order valence-corrected chi connectivity index (χ2v) is 2.75. The average Bonchev–Trinajstić information content (AvgIpc) is 1.93.